The number of piperidine rings is 1. The second kappa shape index (κ2) is 9.82. The molecule has 7 nitrogen and oxygen atoms in total. The third-order valence-corrected chi connectivity index (χ3v) is 7.42. The molecule has 1 fully saturated rings. The van der Waals surface area contributed by atoms with Crippen LogP contribution in [-0.2, 0) is 17.9 Å². The fourth-order valence-electron chi connectivity index (χ4n) is 5.48. The molecule has 3 aromatic carbocycles. The second-order valence-electron chi connectivity index (χ2n) is 9.91. The van der Waals surface area contributed by atoms with Crippen molar-refractivity contribution in [2.24, 2.45) is 5.92 Å². The molecule has 1 saturated heterocycles. The first-order valence-electron chi connectivity index (χ1n) is 13.0. The molecule has 1 aliphatic heterocycles. The third-order valence-electron chi connectivity index (χ3n) is 7.42. The van der Waals surface area contributed by atoms with Crippen molar-refractivity contribution in [2.75, 3.05) is 18.4 Å². The van der Waals surface area contributed by atoms with E-state index in [4.69, 9.17) is 4.52 Å². The number of para-hydroxylation sites is 1. The van der Waals surface area contributed by atoms with Gasteiger partial charge >= 0.3 is 0 Å². The van der Waals surface area contributed by atoms with Gasteiger partial charge in [-0.05, 0) is 70.1 Å². The van der Waals surface area contributed by atoms with Crippen LogP contribution in [0.5, 0.6) is 0 Å². The number of fused-ring (bicyclic) bond motifs is 3. The van der Waals surface area contributed by atoms with E-state index in [-0.39, 0.29) is 11.8 Å². The summed E-state index contributed by atoms with van der Waals surface area (Å²) in [6.07, 6.45) is 1.62. The highest BCUT2D eigenvalue weighted by Gasteiger charge is 2.26. The topological polar surface area (TPSA) is 76.2 Å². The molecule has 1 aliphatic rings. The molecule has 7 heteroatoms. The van der Waals surface area contributed by atoms with Crippen LogP contribution < -0.4 is 5.32 Å². The molecule has 0 spiro atoms. The van der Waals surface area contributed by atoms with Crippen LogP contribution in [0.2, 0.25) is 0 Å². The first-order valence-corrected chi connectivity index (χ1v) is 13.0. The number of nitrogens with zero attached hydrogens (tertiary/aromatic N) is 4. The Morgan fingerprint density at radius 3 is 2.62 bits per heavy atom. The minimum absolute atomic E-state index is 0.00512. The van der Waals surface area contributed by atoms with Gasteiger partial charge in [0.2, 0.25) is 17.6 Å². The smallest absolute Gasteiger partial charge is 0.241 e. The largest absolute Gasteiger partial charge is 0.341 e. The predicted molar refractivity (Wildman–Crippen MR) is 146 cm³/mol. The Bertz CT molecular complexity index is 1580. The molecule has 188 valence electrons. The molecule has 0 saturated carbocycles. The van der Waals surface area contributed by atoms with Crippen LogP contribution in [0.1, 0.15) is 31.2 Å². The van der Waals surface area contributed by atoms with Crippen molar-refractivity contribution in [3.63, 3.8) is 0 Å². The Labute approximate surface area is 216 Å². The van der Waals surface area contributed by atoms with Crippen LogP contribution in [0.4, 0.5) is 5.69 Å². The maximum absolute atomic E-state index is 13.1. The van der Waals surface area contributed by atoms with E-state index in [0.29, 0.717) is 18.3 Å². The van der Waals surface area contributed by atoms with Gasteiger partial charge in [0.05, 0.1) is 6.54 Å². The van der Waals surface area contributed by atoms with E-state index < -0.39 is 0 Å². The van der Waals surface area contributed by atoms with Gasteiger partial charge in [-0.2, -0.15) is 4.98 Å². The molecule has 0 radical (unpaired) electrons. The Kier molecular flexibility index (Phi) is 6.22. The quantitative estimate of drug-likeness (QED) is 0.313. The molecular weight excluding hydrogens is 462 g/mol. The molecule has 6 rings (SSSR count). The van der Waals surface area contributed by atoms with Crippen LogP contribution in [0, 0.1) is 12.8 Å². The zero-order chi connectivity index (χ0) is 25.4. The Morgan fingerprint density at radius 2 is 1.81 bits per heavy atom. The lowest BCUT2D eigenvalue weighted by atomic mass is 9.95. The number of aryl methyl sites for hydroxylation is 2. The molecule has 0 bridgehead atoms. The number of amides is 1. The molecule has 2 aromatic heterocycles. The van der Waals surface area contributed by atoms with Crippen molar-refractivity contribution in [3.8, 4) is 11.4 Å². The van der Waals surface area contributed by atoms with Crippen LogP contribution in [0.3, 0.4) is 0 Å². The van der Waals surface area contributed by atoms with Crippen molar-refractivity contribution in [1.29, 1.82) is 0 Å². The van der Waals surface area contributed by atoms with Gasteiger partial charge in [0, 0.05) is 45.5 Å². The number of nitrogens with one attached hydrogen (secondary N) is 1. The highest BCUT2D eigenvalue weighted by Crippen LogP contribution is 2.31. The summed E-state index contributed by atoms with van der Waals surface area (Å²) in [6.45, 7) is 7.37. The first-order chi connectivity index (χ1) is 18.1. The summed E-state index contributed by atoms with van der Waals surface area (Å²) in [6, 6.07) is 22.8. The number of hydrogen-bond donors (Lipinski definition) is 1. The lowest BCUT2D eigenvalue weighted by Gasteiger charge is -2.30. The Morgan fingerprint density at radius 1 is 1.00 bits per heavy atom. The lowest BCUT2D eigenvalue weighted by Crippen LogP contribution is -2.37. The summed E-state index contributed by atoms with van der Waals surface area (Å²) in [7, 11) is 0. The van der Waals surface area contributed by atoms with Crippen LogP contribution in [-0.4, -0.2) is 38.6 Å². The SMILES string of the molecule is CCn1c2ccccc2c2cc(NC(=O)C3CCN(Cc4nc(-c5cccc(C)c5)no4)CC3)ccc21. The average molecular weight is 494 g/mol. The molecule has 5 aromatic rings. The number of aromatic nitrogens is 3. The van der Waals surface area contributed by atoms with Crippen LogP contribution in [0.25, 0.3) is 33.2 Å². The number of hydrogen-bond acceptors (Lipinski definition) is 5. The molecule has 37 heavy (non-hydrogen) atoms. The van der Waals surface area contributed by atoms with E-state index in [1.54, 1.807) is 0 Å². The minimum Gasteiger partial charge on any atom is -0.341 e. The molecule has 0 unspecified atom stereocenters. The minimum atomic E-state index is -0.00512. The summed E-state index contributed by atoms with van der Waals surface area (Å²) >= 11 is 0. The van der Waals surface area contributed by atoms with Crippen molar-refractivity contribution in [3.05, 3.63) is 78.2 Å². The number of carbonyl (C=O) groups is 1. The number of carbonyl (C=O) groups excluding carboxylic acids is 1. The Hall–Kier alpha value is -3.97. The van der Waals surface area contributed by atoms with E-state index in [1.807, 2.05) is 31.2 Å². The number of likely N-dealkylation sites (tertiary alicyclic amines) is 1. The van der Waals surface area contributed by atoms with E-state index in [1.165, 1.54) is 21.8 Å². The fraction of sp³-hybridized carbons (Fsp3) is 0.300. The molecule has 1 N–H and O–H groups in total. The summed E-state index contributed by atoms with van der Waals surface area (Å²) in [4.78, 5) is 20.0. The predicted octanol–water partition coefficient (Wildman–Crippen LogP) is 6.02. The van der Waals surface area contributed by atoms with Gasteiger partial charge in [-0.25, -0.2) is 0 Å². The average Bonchev–Trinajstić information content (AvgIpc) is 3.51. The summed E-state index contributed by atoms with van der Waals surface area (Å²) in [5, 5.41) is 9.72. The summed E-state index contributed by atoms with van der Waals surface area (Å²) in [5.74, 6) is 1.32. The van der Waals surface area contributed by atoms with Crippen molar-refractivity contribution < 1.29 is 9.32 Å². The normalized spacial score (nSPS) is 15.0. The van der Waals surface area contributed by atoms with Gasteiger partial charge in [0.15, 0.2) is 0 Å². The van der Waals surface area contributed by atoms with Gasteiger partial charge in [0.25, 0.3) is 0 Å². The third kappa shape index (κ3) is 4.62. The zero-order valence-corrected chi connectivity index (χ0v) is 21.3. The standard InChI is InChI=1S/C30H31N5O2/c1-3-35-26-10-5-4-9-24(26)25-18-23(11-12-27(25)35)31-30(36)21-13-15-34(16-14-21)19-28-32-29(33-37-28)22-8-6-7-20(2)17-22/h4-12,17-18,21H,3,13-16,19H2,1-2H3,(H,31,36). The summed E-state index contributed by atoms with van der Waals surface area (Å²) < 4.78 is 7.83. The van der Waals surface area contributed by atoms with Crippen molar-refractivity contribution >= 4 is 33.4 Å². The lowest BCUT2D eigenvalue weighted by molar-refractivity contribution is -0.121. The van der Waals surface area contributed by atoms with Gasteiger partial charge in [-0.15, -0.1) is 0 Å². The number of benzene rings is 3. The molecule has 0 aliphatic carbocycles. The highest BCUT2D eigenvalue weighted by atomic mass is 16.5. The van der Waals surface area contributed by atoms with Gasteiger partial charge < -0.3 is 14.4 Å². The van der Waals surface area contributed by atoms with Crippen LogP contribution >= 0.6 is 0 Å². The van der Waals surface area contributed by atoms with Crippen molar-refractivity contribution in [2.45, 2.75) is 39.8 Å². The Balaban J connectivity index is 1.08. The van der Waals surface area contributed by atoms with Gasteiger partial charge in [-0.1, -0.05) is 47.1 Å². The molecular formula is C30H31N5O2. The van der Waals surface area contributed by atoms with E-state index in [2.05, 4.69) is 74.3 Å². The van der Waals surface area contributed by atoms with E-state index in [9.17, 15) is 4.79 Å². The van der Waals surface area contributed by atoms with Crippen LogP contribution in [0.15, 0.2) is 71.3 Å². The second-order valence-corrected chi connectivity index (χ2v) is 9.91. The monoisotopic (exact) mass is 493 g/mol. The first kappa shape index (κ1) is 23.4. The number of anilines is 1. The maximum atomic E-state index is 13.1. The van der Waals surface area contributed by atoms with Gasteiger partial charge in [0.1, 0.15) is 0 Å². The van der Waals surface area contributed by atoms with E-state index >= 15 is 0 Å². The van der Waals surface area contributed by atoms with Gasteiger partial charge in [-0.3, -0.25) is 9.69 Å². The number of rotatable bonds is 6. The fourth-order valence-corrected chi connectivity index (χ4v) is 5.48. The molecule has 0 atom stereocenters. The zero-order valence-electron chi connectivity index (χ0n) is 21.3. The summed E-state index contributed by atoms with van der Waals surface area (Å²) in [5.41, 5.74) is 5.40. The maximum Gasteiger partial charge on any atom is 0.241 e. The van der Waals surface area contributed by atoms with Crippen molar-refractivity contribution in [1.82, 2.24) is 19.6 Å². The molecule has 3 heterocycles. The highest BCUT2D eigenvalue weighted by molar-refractivity contribution is 6.09. The molecule has 1 amide bonds. The van der Waals surface area contributed by atoms with E-state index in [0.717, 1.165) is 49.3 Å².